The van der Waals surface area contributed by atoms with Crippen LogP contribution in [0.2, 0.25) is 0 Å². The first kappa shape index (κ1) is 9.69. The molecule has 0 saturated heterocycles. The van der Waals surface area contributed by atoms with Gasteiger partial charge in [-0.1, -0.05) is 0 Å². The second-order valence-electron chi connectivity index (χ2n) is 5.02. The Kier molecular flexibility index (Phi) is 1.96. The van der Waals surface area contributed by atoms with Gasteiger partial charge in [0.15, 0.2) is 0 Å². The summed E-state index contributed by atoms with van der Waals surface area (Å²) in [6, 6.07) is 0. The monoisotopic (exact) mass is 220 g/mol. The van der Waals surface area contributed by atoms with Crippen molar-refractivity contribution in [1.29, 1.82) is 0 Å². The minimum absolute atomic E-state index is 0.137. The van der Waals surface area contributed by atoms with Crippen LogP contribution in [0.25, 0.3) is 0 Å². The number of aromatic amines is 1. The molecule has 2 aliphatic carbocycles. The van der Waals surface area contributed by atoms with Gasteiger partial charge in [-0.25, -0.2) is 0 Å². The lowest BCUT2D eigenvalue weighted by Gasteiger charge is -2.14. The maximum absolute atomic E-state index is 11.8. The van der Waals surface area contributed by atoms with Crippen LogP contribution in [0, 0.1) is 11.3 Å². The third-order valence-corrected chi connectivity index (χ3v) is 3.83. The largest absolute Gasteiger partial charge is 0.396 e. The summed E-state index contributed by atoms with van der Waals surface area (Å²) in [7, 11) is 0. The molecule has 0 aromatic carbocycles. The summed E-state index contributed by atoms with van der Waals surface area (Å²) in [6.45, 7) is 0.787. The molecule has 0 atom stereocenters. The number of rotatable bonds is 4. The molecule has 4 N–H and O–H groups in total. The lowest BCUT2D eigenvalue weighted by Crippen LogP contribution is -2.31. The number of amides is 1. The van der Waals surface area contributed by atoms with E-state index >= 15 is 0 Å². The molecule has 0 bridgehead atoms. The molecule has 2 saturated carbocycles. The number of aromatic nitrogens is 2. The molecule has 0 radical (unpaired) electrons. The molecule has 1 heterocycles. The molecule has 1 aromatic heterocycles. The lowest BCUT2D eigenvalue weighted by atomic mass is 10.0. The van der Waals surface area contributed by atoms with Crippen molar-refractivity contribution in [2.24, 2.45) is 11.3 Å². The number of carbonyl (C=O) groups excluding carboxylic acids is 1. The van der Waals surface area contributed by atoms with E-state index in [1.807, 2.05) is 0 Å². The minimum Gasteiger partial charge on any atom is -0.396 e. The highest BCUT2D eigenvalue weighted by molar-refractivity contribution is 5.96. The number of hydrogen-bond acceptors (Lipinski definition) is 3. The lowest BCUT2D eigenvalue weighted by molar-refractivity contribution is 0.0938. The molecule has 5 heteroatoms. The molecular weight excluding hydrogens is 204 g/mol. The van der Waals surface area contributed by atoms with E-state index in [-0.39, 0.29) is 5.91 Å². The van der Waals surface area contributed by atoms with Crippen LogP contribution in [0.15, 0.2) is 6.20 Å². The molecule has 1 amide bonds. The summed E-state index contributed by atoms with van der Waals surface area (Å²) in [4.78, 5) is 11.8. The van der Waals surface area contributed by atoms with Crippen LogP contribution in [0.1, 0.15) is 36.2 Å². The average Bonchev–Trinajstić information content (AvgIpc) is 3.14. The second kappa shape index (κ2) is 3.23. The van der Waals surface area contributed by atoms with Crippen molar-refractivity contribution in [2.45, 2.75) is 25.7 Å². The highest BCUT2D eigenvalue weighted by Crippen LogP contribution is 2.60. The Morgan fingerprint density at radius 3 is 2.88 bits per heavy atom. The Hall–Kier alpha value is -1.52. The number of carbonyl (C=O) groups is 1. The molecule has 86 valence electrons. The van der Waals surface area contributed by atoms with E-state index in [1.54, 1.807) is 0 Å². The Balaban J connectivity index is 1.59. The predicted octanol–water partition coefficient (Wildman–Crippen LogP) is 0.912. The van der Waals surface area contributed by atoms with Crippen molar-refractivity contribution in [3.8, 4) is 0 Å². The molecule has 2 fully saturated rings. The van der Waals surface area contributed by atoms with Crippen LogP contribution >= 0.6 is 0 Å². The number of nitrogens with zero attached hydrogens (tertiary/aromatic N) is 1. The topological polar surface area (TPSA) is 83.8 Å². The van der Waals surface area contributed by atoms with Gasteiger partial charge in [-0.15, -0.1) is 0 Å². The number of nitrogens with one attached hydrogen (secondary N) is 2. The fourth-order valence-electron chi connectivity index (χ4n) is 2.41. The van der Waals surface area contributed by atoms with Gasteiger partial charge in [0.2, 0.25) is 0 Å². The molecular formula is C11H16N4O. The number of nitrogens with two attached hydrogens (primary N) is 1. The van der Waals surface area contributed by atoms with E-state index in [9.17, 15) is 4.79 Å². The number of anilines is 1. The van der Waals surface area contributed by atoms with Crippen LogP contribution in [-0.2, 0) is 0 Å². The van der Waals surface area contributed by atoms with Gasteiger partial charge in [-0.05, 0) is 37.0 Å². The van der Waals surface area contributed by atoms with Gasteiger partial charge in [0, 0.05) is 6.54 Å². The van der Waals surface area contributed by atoms with Gasteiger partial charge in [-0.3, -0.25) is 9.89 Å². The van der Waals surface area contributed by atoms with Crippen molar-refractivity contribution in [3.05, 3.63) is 11.9 Å². The molecule has 2 aliphatic rings. The summed E-state index contributed by atoms with van der Waals surface area (Å²) >= 11 is 0. The predicted molar refractivity (Wildman–Crippen MR) is 59.7 cm³/mol. The summed E-state index contributed by atoms with van der Waals surface area (Å²) in [6.07, 6.45) is 6.65. The van der Waals surface area contributed by atoms with Gasteiger partial charge >= 0.3 is 0 Å². The zero-order valence-electron chi connectivity index (χ0n) is 9.12. The highest BCUT2D eigenvalue weighted by atomic mass is 16.1. The average molecular weight is 220 g/mol. The van der Waals surface area contributed by atoms with Crippen molar-refractivity contribution >= 4 is 11.6 Å². The third kappa shape index (κ3) is 1.56. The van der Waals surface area contributed by atoms with Crippen molar-refractivity contribution in [3.63, 3.8) is 0 Å². The fraction of sp³-hybridized carbons (Fsp3) is 0.636. The van der Waals surface area contributed by atoms with Crippen molar-refractivity contribution in [1.82, 2.24) is 15.5 Å². The Labute approximate surface area is 93.8 Å². The zero-order chi connectivity index (χ0) is 11.2. The van der Waals surface area contributed by atoms with E-state index in [1.165, 1.54) is 31.9 Å². The number of hydrogen-bond donors (Lipinski definition) is 3. The normalized spacial score (nSPS) is 21.8. The third-order valence-electron chi connectivity index (χ3n) is 3.83. The van der Waals surface area contributed by atoms with Gasteiger partial charge in [0.25, 0.3) is 5.91 Å². The van der Waals surface area contributed by atoms with Crippen LogP contribution < -0.4 is 11.1 Å². The van der Waals surface area contributed by atoms with Crippen molar-refractivity contribution in [2.75, 3.05) is 12.3 Å². The molecule has 16 heavy (non-hydrogen) atoms. The molecule has 0 spiro atoms. The second-order valence-corrected chi connectivity index (χ2v) is 5.02. The molecule has 5 nitrogen and oxygen atoms in total. The number of H-pyrrole nitrogens is 1. The quantitative estimate of drug-likeness (QED) is 0.705. The Morgan fingerprint density at radius 1 is 1.62 bits per heavy atom. The first-order valence-corrected chi connectivity index (χ1v) is 5.78. The maximum Gasteiger partial charge on any atom is 0.271 e. The van der Waals surface area contributed by atoms with Gasteiger partial charge < -0.3 is 11.1 Å². The smallest absolute Gasteiger partial charge is 0.271 e. The highest BCUT2D eigenvalue weighted by Gasteiger charge is 2.53. The minimum atomic E-state index is -0.137. The van der Waals surface area contributed by atoms with Crippen LogP contribution in [0.4, 0.5) is 5.69 Å². The first-order valence-electron chi connectivity index (χ1n) is 5.78. The number of nitrogen functional groups attached to an aromatic ring is 1. The zero-order valence-corrected chi connectivity index (χ0v) is 9.12. The van der Waals surface area contributed by atoms with E-state index < -0.39 is 0 Å². The van der Waals surface area contributed by atoms with Gasteiger partial charge in [0.1, 0.15) is 5.69 Å². The van der Waals surface area contributed by atoms with Crippen LogP contribution in [-0.4, -0.2) is 22.6 Å². The van der Waals surface area contributed by atoms with E-state index in [0.29, 0.717) is 16.8 Å². The summed E-state index contributed by atoms with van der Waals surface area (Å²) in [5.74, 6) is 0.717. The molecule has 3 rings (SSSR count). The Bertz CT molecular complexity index is 417. The van der Waals surface area contributed by atoms with Gasteiger partial charge in [-0.2, -0.15) is 5.10 Å². The van der Waals surface area contributed by atoms with Crippen LogP contribution in [0.5, 0.6) is 0 Å². The van der Waals surface area contributed by atoms with Crippen molar-refractivity contribution < 1.29 is 4.79 Å². The van der Waals surface area contributed by atoms with Gasteiger partial charge in [0.05, 0.1) is 11.9 Å². The van der Waals surface area contributed by atoms with E-state index in [2.05, 4.69) is 15.5 Å². The molecule has 1 aromatic rings. The van der Waals surface area contributed by atoms with E-state index in [4.69, 9.17) is 5.73 Å². The first-order chi connectivity index (χ1) is 7.71. The molecule has 0 unspecified atom stereocenters. The SMILES string of the molecule is Nc1cn[nH]c1C(=O)NCC1(C2CC2)CC1. The van der Waals surface area contributed by atoms with Crippen LogP contribution in [0.3, 0.4) is 0 Å². The standard InChI is InChI=1S/C11H16N4O/c12-8-5-14-15-9(8)10(16)13-6-11(3-4-11)7-1-2-7/h5,7H,1-4,6,12H2,(H,13,16)(H,14,15). The maximum atomic E-state index is 11.8. The summed E-state index contributed by atoms with van der Waals surface area (Å²) in [5.41, 5.74) is 6.83. The Morgan fingerprint density at radius 2 is 2.38 bits per heavy atom. The summed E-state index contributed by atoms with van der Waals surface area (Å²) < 4.78 is 0. The summed E-state index contributed by atoms with van der Waals surface area (Å²) in [5, 5.41) is 9.32. The molecule has 0 aliphatic heterocycles. The van der Waals surface area contributed by atoms with E-state index in [0.717, 1.165) is 12.5 Å². The fourth-order valence-corrected chi connectivity index (χ4v) is 2.41.